The highest BCUT2D eigenvalue weighted by molar-refractivity contribution is 5.92. The zero-order valence-corrected chi connectivity index (χ0v) is 26.2. The predicted molar refractivity (Wildman–Crippen MR) is 167 cm³/mol. The molecule has 1 amide bonds. The topological polar surface area (TPSA) is 126 Å². The van der Waals surface area contributed by atoms with Crippen molar-refractivity contribution in [1.82, 2.24) is 24.8 Å². The van der Waals surface area contributed by atoms with E-state index in [9.17, 15) is 4.79 Å². The number of amides is 1. The highest BCUT2D eigenvalue weighted by Gasteiger charge is 2.22. The maximum atomic E-state index is 12.6. The minimum absolute atomic E-state index is 0.217. The van der Waals surface area contributed by atoms with Crippen molar-refractivity contribution in [3.63, 3.8) is 0 Å². The van der Waals surface area contributed by atoms with E-state index in [1.807, 2.05) is 38.0 Å². The Kier molecular flexibility index (Phi) is 12.2. The zero-order valence-electron chi connectivity index (χ0n) is 26.2. The maximum absolute atomic E-state index is 12.6. The van der Waals surface area contributed by atoms with Crippen molar-refractivity contribution in [3.05, 3.63) is 65.4 Å². The predicted octanol–water partition coefficient (Wildman–Crippen LogP) is 5.12. The summed E-state index contributed by atoms with van der Waals surface area (Å²) >= 11 is 0. The lowest BCUT2D eigenvalue weighted by Crippen LogP contribution is -2.25. The summed E-state index contributed by atoms with van der Waals surface area (Å²) in [6.45, 7) is 5.39. The molecule has 1 fully saturated rings. The van der Waals surface area contributed by atoms with Gasteiger partial charge >= 0.3 is 6.01 Å². The number of rotatable bonds is 13. The van der Waals surface area contributed by atoms with E-state index in [-0.39, 0.29) is 18.0 Å². The second kappa shape index (κ2) is 16.3. The molecule has 10 heteroatoms. The first-order chi connectivity index (χ1) is 20.9. The molecule has 0 spiro atoms. The summed E-state index contributed by atoms with van der Waals surface area (Å²) < 4.78 is 19.4. The van der Waals surface area contributed by atoms with Crippen molar-refractivity contribution < 1.29 is 19.0 Å². The average Bonchev–Trinajstić information content (AvgIpc) is 3.27. The summed E-state index contributed by atoms with van der Waals surface area (Å²) in [6, 6.07) is 2.01. The molecular weight excluding hydrogens is 544 g/mol. The number of carbonyl (C=O) groups is 1. The minimum atomic E-state index is -0.217. The summed E-state index contributed by atoms with van der Waals surface area (Å²) in [5.41, 5.74) is 10.4. The number of nitrogens with zero attached hydrogens (tertiary/aromatic N) is 4. The summed E-state index contributed by atoms with van der Waals surface area (Å²) in [5, 5.41) is 2.83. The van der Waals surface area contributed by atoms with Gasteiger partial charge in [0.2, 0.25) is 0 Å². The molecule has 0 radical (unpaired) electrons. The lowest BCUT2D eigenvalue weighted by atomic mass is 9.93. The molecule has 2 aliphatic rings. The van der Waals surface area contributed by atoms with Crippen LogP contribution in [-0.4, -0.2) is 58.4 Å². The van der Waals surface area contributed by atoms with Crippen LogP contribution < -0.4 is 15.8 Å². The van der Waals surface area contributed by atoms with E-state index in [2.05, 4.69) is 38.5 Å². The van der Waals surface area contributed by atoms with Crippen LogP contribution >= 0.6 is 0 Å². The van der Waals surface area contributed by atoms with Gasteiger partial charge in [0.15, 0.2) is 0 Å². The van der Waals surface area contributed by atoms with Crippen molar-refractivity contribution in [2.24, 2.45) is 24.6 Å². The van der Waals surface area contributed by atoms with Gasteiger partial charge in [0, 0.05) is 26.4 Å². The molecule has 10 nitrogen and oxygen atoms in total. The number of nitrogens with two attached hydrogens (primary N) is 1. The molecule has 0 saturated heterocycles. The van der Waals surface area contributed by atoms with E-state index < -0.39 is 0 Å². The average molecular weight is 593 g/mol. The van der Waals surface area contributed by atoms with Crippen LogP contribution in [-0.2, 0) is 22.9 Å². The molecule has 0 aliphatic heterocycles. The van der Waals surface area contributed by atoms with E-state index in [1.165, 1.54) is 12.8 Å². The van der Waals surface area contributed by atoms with Gasteiger partial charge in [-0.25, -0.2) is 9.97 Å². The number of hydrogen-bond acceptors (Lipinski definition) is 8. The fourth-order valence-electron chi connectivity index (χ4n) is 5.74. The first kappa shape index (κ1) is 32.3. The number of methoxy groups -OCH3 is 1. The number of allylic oxidation sites excluding steroid dienone is 4. The number of aryl methyl sites for hydroxylation is 2. The number of imidazole rings is 1. The third-order valence-corrected chi connectivity index (χ3v) is 8.11. The first-order valence-electron chi connectivity index (χ1n) is 15.6. The maximum Gasteiger partial charge on any atom is 0.317 e. The largest absolute Gasteiger partial charge is 0.491 e. The number of hydrogen-bond donors (Lipinski definition) is 2. The van der Waals surface area contributed by atoms with Gasteiger partial charge in [-0.05, 0) is 81.9 Å². The SMILES string of the molecule is CCNC(=O)c1cc(CCC2CCCC(COC3=C/C(c4cncn4C)=C\CC/C=C\3N)CC2)nc(O[C@H](C)COC)n1. The Hall–Kier alpha value is -3.66. The molecule has 0 bridgehead atoms. The number of carbonyl (C=O) groups excluding carboxylic acids is 1. The highest BCUT2D eigenvalue weighted by atomic mass is 16.5. The Labute approximate surface area is 255 Å². The molecule has 43 heavy (non-hydrogen) atoms. The van der Waals surface area contributed by atoms with Gasteiger partial charge in [-0.1, -0.05) is 31.4 Å². The van der Waals surface area contributed by atoms with E-state index in [0.717, 1.165) is 67.7 Å². The Morgan fingerprint density at radius 1 is 1.16 bits per heavy atom. The molecule has 3 N–H and O–H groups in total. The van der Waals surface area contributed by atoms with Crippen molar-refractivity contribution in [2.45, 2.75) is 77.7 Å². The summed E-state index contributed by atoms with van der Waals surface area (Å²) in [5.74, 6) is 1.61. The zero-order chi connectivity index (χ0) is 30.6. The molecule has 4 rings (SSSR count). The molecule has 2 aromatic heterocycles. The molecule has 1 saturated carbocycles. The van der Waals surface area contributed by atoms with Crippen LogP contribution in [0.4, 0.5) is 0 Å². The van der Waals surface area contributed by atoms with E-state index in [4.69, 9.17) is 19.9 Å². The Morgan fingerprint density at radius 3 is 2.72 bits per heavy atom. The molecule has 2 aliphatic carbocycles. The minimum Gasteiger partial charge on any atom is -0.491 e. The van der Waals surface area contributed by atoms with Gasteiger partial charge in [0.25, 0.3) is 5.91 Å². The van der Waals surface area contributed by atoms with Gasteiger partial charge in [0.1, 0.15) is 17.6 Å². The molecule has 2 unspecified atom stereocenters. The van der Waals surface area contributed by atoms with Crippen LogP contribution in [0, 0.1) is 11.8 Å². The van der Waals surface area contributed by atoms with E-state index in [0.29, 0.717) is 43.0 Å². The van der Waals surface area contributed by atoms with E-state index >= 15 is 0 Å². The standard InChI is InChI=1S/C33H48N6O4/c1-5-36-32(40)29-18-27(37-33(38-29)43-23(2)20-41-4)16-15-24-9-8-10-25(14-13-24)21-42-31-17-26(11-6-7-12-28(31)34)30-19-35-22-39(30)3/h11-12,17-19,22-25H,5-10,13-16,20-21,34H2,1-4H3,(H,36,40)/b26-11+,28-12+,31-17+/t23-,24?,25?/m1/s1. The molecule has 0 aromatic carbocycles. The normalized spacial score (nSPS) is 23.7. The quantitative estimate of drug-likeness (QED) is 0.307. The lowest BCUT2D eigenvalue weighted by Gasteiger charge is -2.19. The summed E-state index contributed by atoms with van der Waals surface area (Å²) in [7, 11) is 3.63. The van der Waals surface area contributed by atoms with Gasteiger partial charge in [-0.15, -0.1) is 0 Å². The van der Waals surface area contributed by atoms with Crippen molar-refractivity contribution in [3.8, 4) is 6.01 Å². The fraction of sp³-hybridized carbons (Fsp3) is 0.576. The van der Waals surface area contributed by atoms with Crippen molar-refractivity contribution >= 4 is 11.5 Å². The van der Waals surface area contributed by atoms with Crippen LogP contribution in [0.15, 0.2) is 48.3 Å². The fourth-order valence-corrected chi connectivity index (χ4v) is 5.74. The van der Waals surface area contributed by atoms with Gasteiger partial charge in [0.05, 0.1) is 37.1 Å². The van der Waals surface area contributed by atoms with Gasteiger partial charge in [-0.3, -0.25) is 4.79 Å². The van der Waals surface area contributed by atoms with E-state index in [1.54, 1.807) is 13.2 Å². The van der Waals surface area contributed by atoms with Crippen molar-refractivity contribution in [2.75, 3.05) is 26.9 Å². The van der Waals surface area contributed by atoms with Gasteiger partial charge < -0.3 is 29.8 Å². The summed E-state index contributed by atoms with van der Waals surface area (Å²) in [4.78, 5) is 25.8. The highest BCUT2D eigenvalue weighted by Crippen LogP contribution is 2.32. The van der Waals surface area contributed by atoms with Gasteiger partial charge in [-0.2, -0.15) is 4.98 Å². The third-order valence-electron chi connectivity index (χ3n) is 8.11. The van der Waals surface area contributed by atoms with Crippen molar-refractivity contribution in [1.29, 1.82) is 0 Å². The monoisotopic (exact) mass is 592 g/mol. The Bertz CT molecular complexity index is 1300. The number of ether oxygens (including phenoxy) is 3. The van der Waals surface area contributed by atoms with Crippen LogP contribution in [0.1, 0.15) is 87.1 Å². The number of nitrogens with one attached hydrogen (secondary N) is 1. The van der Waals surface area contributed by atoms with Crippen LogP contribution in [0.2, 0.25) is 0 Å². The van der Waals surface area contributed by atoms with Crippen LogP contribution in [0.5, 0.6) is 6.01 Å². The third kappa shape index (κ3) is 9.68. The smallest absolute Gasteiger partial charge is 0.317 e. The van der Waals surface area contributed by atoms with Crippen LogP contribution in [0.3, 0.4) is 0 Å². The molecule has 3 atom stereocenters. The molecule has 2 heterocycles. The Balaban J connectivity index is 1.34. The molecule has 2 aromatic rings. The second-order valence-corrected chi connectivity index (χ2v) is 11.7. The molecular formula is C33H48N6O4. The summed E-state index contributed by atoms with van der Waals surface area (Å²) in [6.07, 6.45) is 19.2. The lowest BCUT2D eigenvalue weighted by molar-refractivity contribution is 0.0841. The van der Waals surface area contributed by atoms with Crippen LogP contribution in [0.25, 0.3) is 5.57 Å². The Morgan fingerprint density at radius 2 is 1.95 bits per heavy atom. The molecule has 234 valence electrons. The number of aromatic nitrogens is 4. The first-order valence-corrected chi connectivity index (χ1v) is 15.6. The second-order valence-electron chi connectivity index (χ2n) is 11.7.